The van der Waals surface area contributed by atoms with Crippen molar-refractivity contribution in [3.05, 3.63) is 18.3 Å². The molecule has 2 heterocycles. The molecule has 5 nitrogen and oxygen atoms in total. The molecule has 1 aliphatic heterocycles. The van der Waals surface area contributed by atoms with Gasteiger partial charge < -0.3 is 5.73 Å². The average Bonchev–Trinajstić information content (AvgIpc) is 2.55. The van der Waals surface area contributed by atoms with E-state index in [9.17, 15) is 4.79 Å². The van der Waals surface area contributed by atoms with Gasteiger partial charge in [0.25, 0.3) is 5.91 Å². The number of anilines is 2. The fourth-order valence-electron chi connectivity index (χ4n) is 2.05. The molecule has 0 aliphatic carbocycles. The molecule has 17 heavy (non-hydrogen) atoms. The minimum Gasteiger partial charge on any atom is -0.384 e. The van der Waals surface area contributed by atoms with Gasteiger partial charge in [0.15, 0.2) is 0 Å². The van der Waals surface area contributed by atoms with Crippen molar-refractivity contribution in [2.75, 3.05) is 10.7 Å². The molecular weight excluding hydrogens is 216 g/mol. The van der Waals surface area contributed by atoms with Gasteiger partial charge in [-0.15, -0.1) is 0 Å². The number of amides is 1. The number of hydrogen-bond donors (Lipinski definition) is 1. The Morgan fingerprint density at radius 2 is 2.12 bits per heavy atom. The Balaban J connectivity index is 2.31. The minimum absolute atomic E-state index is 0.00377. The summed E-state index contributed by atoms with van der Waals surface area (Å²) < 4.78 is 0. The summed E-state index contributed by atoms with van der Waals surface area (Å²) >= 11 is 0. The van der Waals surface area contributed by atoms with Gasteiger partial charge in [-0.1, -0.05) is 13.8 Å². The predicted octanol–water partition coefficient (Wildman–Crippen LogP) is 1.66. The van der Waals surface area contributed by atoms with Crippen LogP contribution in [0.5, 0.6) is 0 Å². The molecule has 1 aliphatic rings. The van der Waals surface area contributed by atoms with Crippen molar-refractivity contribution in [2.45, 2.75) is 20.8 Å². The lowest BCUT2D eigenvalue weighted by atomic mass is 9.92. The lowest BCUT2D eigenvalue weighted by molar-refractivity contribution is -0.120. The number of carbonyl (C=O) groups excluding carboxylic acids is 1. The number of aromatic nitrogens is 1. The van der Waals surface area contributed by atoms with Crippen molar-refractivity contribution >= 4 is 23.1 Å². The summed E-state index contributed by atoms with van der Waals surface area (Å²) in [6.07, 6.45) is 1.56. The van der Waals surface area contributed by atoms with Gasteiger partial charge >= 0.3 is 0 Å². The van der Waals surface area contributed by atoms with Crippen LogP contribution in [0.3, 0.4) is 0 Å². The Bertz CT molecular complexity index is 464. The van der Waals surface area contributed by atoms with Crippen LogP contribution < -0.4 is 10.7 Å². The highest BCUT2D eigenvalue weighted by Gasteiger charge is 2.36. The van der Waals surface area contributed by atoms with E-state index < -0.39 is 0 Å². The standard InChI is InChI=1S/C12H16N4O/c1-7(2)11-8(3)15-16(12(11)17)9-4-5-10(13)14-6-9/h4-7,11H,1-3H3,(H2,13,14). The summed E-state index contributed by atoms with van der Waals surface area (Å²) in [5.41, 5.74) is 7.02. The molecule has 1 aromatic heterocycles. The van der Waals surface area contributed by atoms with Crippen LogP contribution in [0.4, 0.5) is 11.5 Å². The van der Waals surface area contributed by atoms with Gasteiger partial charge in [0.2, 0.25) is 0 Å². The largest absolute Gasteiger partial charge is 0.384 e. The highest BCUT2D eigenvalue weighted by atomic mass is 16.2. The lowest BCUT2D eigenvalue weighted by Crippen LogP contribution is -2.30. The average molecular weight is 232 g/mol. The van der Waals surface area contributed by atoms with Gasteiger partial charge in [-0.3, -0.25) is 4.79 Å². The first kappa shape index (κ1) is 11.6. The van der Waals surface area contributed by atoms with Gasteiger partial charge in [-0.2, -0.15) is 10.1 Å². The number of nitrogen functional groups attached to an aromatic ring is 1. The number of hydrazone groups is 1. The molecule has 90 valence electrons. The van der Waals surface area contributed by atoms with Crippen LogP contribution in [0.2, 0.25) is 0 Å². The van der Waals surface area contributed by atoms with Crippen molar-refractivity contribution < 1.29 is 4.79 Å². The van der Waals surface area contributed by atoms with Gasteiger partial charge in [-0.25, -0.2) is 4.98 Å². The van der Waals surface area contributed by atoms with E-state index in [0.717, 1.165) is 5.71 Å². The normalized spacial score (nSPS) is 20.0. The summed E-state index contributed by atoms with van der Waals surface area (Å²) in [7, 11) is 0. The second-order valence-corrected chi connectivity index (χ2v) is 4.55. The summed E-state index contributed by atoms with van der Waals surface area (Å²) in [4.78, 5) is 16.2. The molecule has 2 N–H and O–H groups in total. The number of nitrogens with two attached hydrogens (primary N) is 1. The van der Waals surface area contributed by atoms with E-state index in [1.165, 1.54) is 5.01 Å². The van der Waals surface area contributed by atoms with Gasteiger partial charge in [-0.05, 0) is 25.0 Å². The number of carbonyl (C=O) groups is 1. The zero-order valence-electron chi connectivity index (χ0n) is 10.2. The summed E-state index contributed by atoms with van der Waals surface area (Å²) in [5, 5.41) is 5.70. The van der Waals surface area contributed by atoms with Crippen molar-refractivity contribution in [1.82, 2.24) is 4.98 Å². The Labute approximate surface area is 100 Å². The van der Waals surface area contributed by atoms with Crippen LogP contribution in [-0.2, 0) is 4.79 Å². The van der Waals surface area contributed by atoms with E-state index in [1.807, 2.05) is 20.8 Å². The third-order valence-corrected chi connectivity index (χ3v) is 2.86. The Hall–Kier alpha value is -1.91. The summed E-state index contributed by atoms with van der Waals surface area (Å²) in [5.74, 6) is 0.552. The predicted molar refractivity (Wildman–Crippen MR) is 67.6 cm³/mol. The Kier molecular flexibility index (Phi) is 2.83. The third kappa shape index (κ3) is 2.00. The number of pyridine rings is 1. The van der Waals surface area contributed by atoms with Crippen molar-refractivity contribution in [1.29, 1.82) is 0 Å². The van der Waals surface area contributed by atoms with Crippen LogP contribution in [0, 0.1) is 11.8 Å². The molecule has 0 bridgehead atoms. The lowest BCUT2D eigenvalue weighted by Gasteiger charge is -2.16. The molecule has 1 unspecified atom stereocenters. The van der Waals surface area contributed by atoms with Gasteiger partial charge in [0.05, 0.1) is 17.8 Å². The number of rotatable bonds is 2. The maximum Gasteiger partial charge on any atom is 0.256 e. The molecule has 5 heteroatoms. The van der Waals surface area contributed by atoms with E-state index in [1.54, 1.807) is 18.3 Å². The molecule has 0 spiro atoms. The second kappa shape index (κ2) is 4.16. The molecule has 1 aromatic rings. The molecule has 0 saturated heterocycles. The molecule has 1 atom stereocenters. The van der Waals surface area contributed by atoms with E-state index in [0.29, 0.717) is 11.5 Å². The van der Waals surface area contributed by atoms with Crippen molar-refractivity contribution in [2.24, 2.45) is 16.9 Å². The van der Waals surface area contributed by atoms with Crippen LogP contribution in [0.25, 0.3) is 0 Å². The zero-order valence-corrected chi connectivity index (χ0v) is 10.2. The topological polar surface area (TPSA) is 71.6 Å². The number of hydrogen-bond acceptors (Lipinski definition) is 4. The van der Waals surface area contributed by atoms with Crippen molar-refractivity contribution in [3.63, 3.8) is 0 Å². The second-order valence-electron chi connectivity index (χ2n) is 4.55. The van der Waals surface area contributed by atoms with Crippen molar-refractivity contribution in [3.8, 4) is 0 Å². The maximum atomic E-state index is 12.2. The van der Waals surface area contributed by atoms with Crippen LogP contribution in [0.15, 0.2) is 23.4 Å². The van der Waals surface area contributed by atoms with Crippen LogP contribution >= 0.6 is 0 Å². The first-order valence-corrected chi connectivity index (χ1v) is 5.61. The van der Waals surface area contributed by atoms with E-state index >= 15 is 0 Å². The van der Waals surface area contributed by atoms with Gasteiger partial charge in [0, 0.05) is 5.71 Å². The molecule has 0 radical (unpaired) electrons. The summed E-state index contributed by atoms with van der Waals surface area (Å²) in [6, 6.07) is 3.41. The first-order chi connectivity index (χ1) is 8.00. The monoisotopic (exact) mass is 232 g/mol. The molecule has 1 amide bonds. The highest BCUT2D eigenvalue weighted by molar-refractivity contribution is 6.14. The fourth-order valence-corrected chi connectivity index (χ4v) is 2.05. The zero-order chi connectivity index (χ0) is 12.6. The quantitative estimate of drug-likeness (QED) is 0.842. The Morgan fingerprint density at radius 3 is 2.59 bits per heavy atom. The highest BCUT2D eigenvalue weighted by Crippen LogP contribution is 2.27. The van der Waals surface area contributed by atoms with Crippen LogP contribution in [-0.4, -0.2) is 16.6 Å². The van der Waals surface area contributed by atoms with E-state index in [-0.39, 0.29) is 17.7 Å². The SMILES string of the molecule is CC1=NN(c2ccc(N)nc2)C(=O)C1C(C)C. The molecule has 0 fully saturated rings. The van der Waals surface area contributed by atoms with E-state index in [4.69, 9.17) is 5.73 Å². The molecule has 2 rings (SSSR count). The molecule has 0 saturated carbocycles. The third-order valence-electron chi connectivity index (χ3n) is 2.86. The minimum atomic E-state index is -0.132. The molecule has 0 aromatic carbocycles. The molecular formula is C12H16N4O. The maximum absolute atomic E-state index is 12.2. The van der Waals surface area contributed by atoms with Crippen LogP contribution in [0.1, 0.15) is 20.8 Å². The van der Waals surface area contributed by atoms with Gasteiger partial charge in [0.1, 0.15) is 5.82 Å². The summed E-state index contributed by atoms with van der Waals surface area (Å²) in [6.45, 7) is 5.92. The smallest absolute Gasteiger partial charge is 0.256 e. The first-order valence-electron chi connectivity index (χ1n) is 5.61. The Morgan fingerprint density at radius 1 is 1.41 bits per heavy atom. The fraction of sp³-hybridized carbons (Fsp3) is 0.417. The number of nitrogens with zero attached hydrogens (tertiary/aromatic N) is 3. The van der Waals surface area contributed by atoms with E-state index in [2.05, 4.69) is 10.1 Å².